The molecule has 4 aromatic carbocycles. The van der Waals surface area contributed by atoms with E-state index in [9.17, 15) is 23.2 Å². The van der Waals surface area contributed by atoms with Crippen molar-refractivity contribution in [2.75, 3.05) is 13.2 Å². The first-order valence-corrected chi connectivity index (χ1v) is 18.1. The molecule has 0 aliphatic carbocycles. The Balaban J connectivity index is 1.55. The minimum atomic E-state index is -4.57. The van der Waals surface area contributed by atoms with Gasteiger partial charge in [-0.25, -0.2) is 0 Å². The molecule has 7 nitrogen and oxygen atoms in total. The summed E-state index contributed by atoms with van der Waals surface area (Å²) >= 11 is 1.23. The Morgan fingerprint density at radius 3 is 2.24 bits per heavy atom. The van der Waals surface area contributed by atoms with Gasteiger partial charge in [0.25, 0.3) is 10.1 Å². The molecule has 4 rings (SSSR count). The predicted octanol–water partition coefficient (Wildman–Crippen LogP) is 8.38. The predicted molar refractivity (Wildman–Crippen MR) is 183 cm³/mol. The largest absolute Gasteiger partial charge is 0.494 e. The molecular formula is C37H44O7S2. The summed E-state index contributed by atoms with van der Waals surface area (Å²) in [5.74, 6) is 0.740. The third-order valence-electron chi connectivity index (χ3n) is 7.85. The van der Waals surface area contributed by atoms with Gasteiger partial charge in [0.05, 0.1) is 12.7 Å². The highest BCUT2D eigenvalue weighted by Crippen LogP contribution is 2.39. The van der Waals surface area contributed by atoms with Crippen LogP contribution in [0.4, 0.5) is 0 Å². The van der Waals surface area contributed by atoms with Crippen LogP contribution in [0.25, 0.3) is 11.1 Å². The average molecular weight is 665 g/mol. The summed E-state index contributed by atoms with van der Waals surface area (Å²) in [7, 11) is -4.57. The molecule has 4 N–H and O–H groups in total. The van der Waals surface area contributed by atoms with Crippen LogP contribution in [-0.2, 0) is 10.1 Å². The van der Waals surface area contributed by atoms with Crippen LogP contribution in [0.5, 0.6) is 5.75 Å². The molecule has 46 heavy (non-hydrogen) atoms. The van der Waals surface area contributed by atoms with E-state index in [0.29, 0.717) is 40.2 Å². The van der Waals surface area contributed by atoms with Crippen molar-refractivity contribution in [2.45, 2.75) is 85.2 Å². The zero-order valence-corrected chi connectivity index (χ0v) is 27.8. The van der Waals surface area contributed by atoms with Crippen molar-refractivity contribution in [3.8, 4) is 16.9 Å². The quantitative estimate of drug-likeness (QED) is 0.0618. The monoisotopic (exact) mass is 664 g/mol. The molecule has 0 aliphatic rings. The number of hydrogen-bond donors (Lipinski definition) is 4. The molecule has 0 aromatic heterocycles. The van der Waals surface area contributed by atoms with Crippen molar-refractivity contribution in [3.63, 3.8) is 0 Å². The summed E-state index contributed by atoms with van der Waals surface area (Å²) in [6.45, 7) is 2.94. The van der Waals surface area contributed by atoms with Crippen molar-refractivity contribution in [1.82, 2.24) is 0 Å². The number of benzene rings is 4. The Kier molecular flexibility index (Phi) is 13.7. The highest BCUT2D eigenvalue weighted by molar-refractivity contribution is 8.00. The molecule has 9 heteroatoms. The fraction of sp³-hybridized carbons (Fsp3) is 0.351. The molecule has 0 spiro atoms. The van der Waals surface area contributed by atoms with Gasteiger partial charge < -0.3 is 20.1 Å². The zero-order valence-electron chi connectivity index (χ0n) is 26.2. The van der Waals surface area contributed by atoms with Crippen LogP contribution in [0.2, 0.25) is 0 Å². The number of hydrogen-bond acceptors (Lipinski definition) is 7. The summed E-state index contributed by atoms with van der Waals surface area (Å²) in [6.07, 6.45) is 5.55. The van der Waals surface area contributed by atoms with Gasteiger partial charge in [-0.05, 0) is 83.5 Å². The molecule has 0 aliphatic heterocycles. The normalized spacial score (nSPS) is 13.0. The van der Waals surface area contributed by atoms with Gasteiger partial charge in [-0.1, -0.05) is 105 Å². The molecule has 0 amide bonds. The fourth-order valence-electron chi connectivity index (χ4n) is 5.29. The van der Waals surface area contributed by atoms with Crippen LogP contribution in [0.3, 0.4) is 0 Å². The van der Waals surface area contributed by atoms with Gasteiger partial charge in [-0.3, -0.25) is 4.55 Å². The first kappa shape index (κ1) is 35.7. The first-order valence-electron chi connectivity index (χ1n) is 15.9. The second-order valence-electron chi connectivity index (χ2n) is 11.4. The second-order valence-corrected chi connectivity index (χ2v) is 13.9. The van der Waals surface area contributed by atoms with E-state index in [2.05, 4.69) is 6.92 Å². The molecule has 0 saturated carbocycles. The average Bonchev–Trinajstić information content (AvgIpc) is 3.06. The maximum Gasteiger partial charge on any atom is 0.295 e. The van der Waals surface area contributed by atoms with Crippen molar-refractivity contribution >= 4 is 21.9 Å². The van der Waals surface area contributed by atoms with Crippen molar-refractivity contribution in [1.29, 1.82) is 0 Å². The van der Waals surface area contributed by atoms with Gasteiger partial charge in [0.15, 0.2) is 0 Å². The minimum absolute atomic E-state index is 0.206. The second kappa shape index (κ2) is 17.7. The summed E-state index contributed by atoms with van der Waals surface area (Å²) in [4.78, 5) is 0.947. The number of ether oxygens (including phenoxy) is 1. The van der Waals surface area contributed by atoms with Crippen molar-refractivity contribution in [2.24, 2.45) is 0 Å². The van der Waals surface area contributed by atoms with Crippen molar-refractivity contribution < 1.29 is 33.0 Å². The molecule has 0 radical (unpaired) electrons. The van der Waals surface area contributed by atoms with Gasteiger partial charge in [0, 0.05) is 16.4 Å². The zero-order chi connectivity index (χ0) is 32.9. The van der Waals surface area contributed by atoms with Crippen LogP contribution in [0, 0.1) is 0 Å². The van der Waals surface area contributed by atoms with E-state index in [1.54, 1.807) is 42.5 Å². The number of unbranched alkanes of at least 4 members (excludes halogenated alkanes) is 5. The van der Waals surface area contributed by atoms with Gasteiger partial charge >= 0.3 is 0 Å². The lowest BCUT2D eigenvalue weighted by Gasteiger charge is -2.19. The lowest BCUT2D eigenvalue weighted by Crippen LogP contribution is -2.05. The minimum Gasteiger partial charge on any atom is -0.494 e. The van der Waals surface area contributed by atoms with Crippen LogP contribution in [0.15, 0.2) is 106 Å². The molecule has 0 saturated heterocycles. The fourth-order valence-corrected chi connectivity index (χ4v) is 7.15. The van der Waals surface area contributed by atoms with E-state index in [-0.39, 0.29) is 11.5 Å². The summed E-state index contributed by atoms with van der Waals surface area (Å²) in [5.41, 5.74) is 3.05. The number of rotatable bonds is 18. The van der Waals surface area contributed by atoms with Gasteiger partial charge in [-0.15, -0.1) is 0 Å². The molecule has 2 unspecified atom stereocenters. The molecule has 0 heterocycles. The lowest BCUT2D eigenvalue weighted by atomic mass is 9.91. The number of aliphatic hydroxyl groups excluding tert-OH is 3. The van der Waals surface area contributed by atoms with Crippen LogP contribution >= 0.6 is 11.8 Å². The third-order valence-corrected chi connectivity index (χ3v) is 9.96. The molecule has 4 aromatic rings. The molecule has 0 fully saturated rings. The van der Waals surface area contributed by atoms with Crippen LogP contribution < -0.4 is 4.74 Å². The Labute approximate surface area is 277 Å². The Morgan fingerprint density at radius 2 is 1.50 bits per heavy atom. The van der Waals surface area contributed by atoms with E-state index in [0.717, 1.165) is 61.2 Å². The van der Waals surface area contributed by atoms with E-state index in [4.69, 9.17) is 9.84 Å². The maximum atomic E-state index is 12.5. The Bertz CT molecular complexity index is 1640. The first-order chi connectivity index (χ1) is 22.2. The molecular weight excluding hydrogens is 621 g/mol. The number of aliphatic hydroxyl groups is 3. The van der Waals surface area contributed by atoms with E-state index >= 15 is 0 Å². The Morgan fingerprint density at radius 1 is 0.783 bits per heavy atom. The van der Waals surface area contributed by atoms with Crippen molar-refractivity contribution in [3.05, 3.63) is 108 Å². The maximum absolute atomic E-state index is 12.5. The standard InChI is InChI=1S/C37H44O7S2/c1-2-3-24-44-30-18-20-31(21-19-30)45-35-22-17-27(26-36(35)46(41,42)43)32-14-8-9-15-33(32)37(40)29-13-11-12-28(25-29)34(39)16-7-5-4-6-10-23-38/h8-9,11-15,17-22,25-26,34,37-40H,2-7,10,16,23-24H2,1H3,(H,41,42,43). The highest BCUT2D eigenvalue weighted by Gasteiger charge is 2.21. The molecule has 0 bridgehead atoms. The summed E-state index contributed by atoms with van der Waals surface area (Å²) in [5, 5.41) is 31.3. The lowest BCUT2D eigenvalue weighted by molar-refractivity contribution is 0.162. The van der Waals surface area contributed by atoms with E-state index in [1.165, 1.54) is 17.8 Å². The molecule has 246 valence electrons. The smallest absolute Gasteiger partial charge is 0.295 e. The summed E-state index contributed by atoms with van der Waals surface area (Å²) in [6, 6.07) is 26.7. The van der Waals surface area contributed by atoms with Gasteiger partial charge in [0.1, 0.15) is 16.7 Å². The van der Waals surface area contributed by atoms with E-state index < -0.39 is 22.3 Å². The highest BCUT2D eigenvalue weighted by atomic mass is 32.2. The summed E-state index contributed by atoms with van der Waals surface area (Å²) < 4.78 is 41.0. The Hall–Kier alpha value is -3.18. The van der Waals surface area contributed by atoms with E-state index in [1.807, 2.05) is 42.5 Å². The topological polar surface area (TPSA) is 124 Å². The molecule has 2 atom stereocenters. The van der Waals surface area contributed by atoms with Gasteiger partial charge in [-0.2, -0.15) is 8.42 Å². The van der Waals surface area contributed by atoms with Crippen LogP contribution in [-0.4, -0.2) is 41.5 Å². The van der Waals surface area contributed by atoms with Gasteiger partial charge in [0.2, 0.25) is 0 Å². The third kappa shape index (κ3) is 10.2. The van der Waals surface area contributed by atoms with Crippen LogP contribution in [0.1, 0.15) is 87.2 Å². The SMILES string of the molecule is CCCCOc1ccc(Sc2ccc(-c3ccccc3C(O)c3cccc(C(O)CCCCCCCO)c3)cc2S(=O)(=O)O)cc1.